The summed E-state index contributed by atoms with van der Waals surface area (Å²) in [5.74, 6) is 4.98. The van der Waals surface area contributed by atoms with E-state index in [0.29, 0.717) is 5.69 Å². The molecule has 0 aliphatic rings. The first-order valence-electron chi connectivity index (χ1n) is 5.51. The van der Waals surface area contributed by atoms with E-state index in [0.717, 1.165) is 5.56 Å². The number of carbonyl (C=O) groups excluding carboxylic acids is 2. The SMILES string of the molecule is CC(=O)CC(=O)Nc1ccc(C#CCN=[N+]=[N-])cc1. The Balaban J connectivity index is 2.60. The minimum Gasteiger partial charge on any atom is -0.326 e. The predicted octanol–water partition coefficient (Wildman–Crippen LogP) is 2.27. The number of amides is 1. The van der Waals surface area contributed by atoms with Crippen molar-refractivity contribution in [3.05, 3.63) is 40.3 Å². The van der Waals surface area contributed by atoms with Crippen LogP contribution in [0.4, 0.5) is 5.69 Å². The Morgan fingerprint density at radius 2 is 2.05 bits per heavy atom. The largest absolute Gasteiger partial charge is 0.326 e. The summed E-state index contributed by atoms with van der Waals surface area (Å²) < 4.78 is 0. The predicted molar refractivity (Wildman–Crippen MR) is 71.3 cm³/mol. The third-order valence-electron chi connectivity index (χ3n) is 2.02. The van der Waals surface area contributed by atoms with E-state index in [4.69, 9.17) is 5.53 Å². The van der Waals surface area contributed by atoms with Crippen LogP contribution in [0.15, 0.2) is 29.4 Å². The molecule has 19 heavy (non-hydrogen) atoms. The lowest BCUT2D eigenvalue weighted by atomic mass is 10.2. The molecule has 0 unspecified atom stereocenters. The van der Waals surface area contributed by atoms with Gasteiger partial charge in [0.25, 0.3) is 0 Å². The number of rotatable bonds is 4. The van der Waals surface area contributed by atoms with E-state index in [-0.39, 0.29) is 24.7 Å². The van der Waals surface area contributed by atoms with Crippen LogP contribution in [0.1, 0.15) is 18.9 Å². The van der Waals surface area contributed by atoms with Crippen LogP contribution in [0, 0.1) is 11.8 Å². The van der Waals surface area contributed by atoms with E-state index >= 15 is 0 Å². The molecule has 6 nitrogen and oxygen atoms in total. The molecule has 0 saturated carbocycles. The molecule has 6 heteroatoms. The first kappa shape index (κ1) is 14.3. The van der Waals surface area contributed by atoms with Gasteiger partial charge in [-0.1, -0.05) is 17.0 Å². The Hall–Kier alpha value is -2.77. The molecule has 0 aliphatic heterocycles. The third kappa shape index (κ3) is 5.91. The standard InChI is InChI=1S/C13H12N4O2/c1-10(18)9-13(19)16-12-6-4-11(5-7-12)3-2-8-15-17-14/h4-7H,8-9H2,1H3,(H,16,19). The molecule has 1 N–H and O–H groups in total. The molecule has 0 atom stereocenters. The maximum Gasteiger partial charge on any atom is 0.231 e. The molecular formula is C13H12N4O2. The highest BCUT2D eigenvalue weighted by Crippen LogP contribution is 2.09. The van der Waals surface area contributed by atoms with Crippen molar-refractivity contribution in [3.63, 3.8) is 0 Å². The molecule has 1 rings (SSSR count). The summed E-state index contributed by atoms with van der Waals surface area (Å²) in [7, 11) is 0. The molecule has 0 fully saturated rings. The van der Waals surface area contributed by atoms with Crippen molar-refractivity contribution in [1.82, 2.24) is 0 Å². The highest BCUT2D eigenvalue weighted by Gasteiger charge is 2.04. The molecular weight excluding hydrogens is 244 g/mol. The fourth-order valence-corrected chi connectivity index (χ4v) is 1.28. The van der Waals surface area contributed by atoms with Gasteiger partial charge in [0.15, 0.2) is 0 Å². The molecule has 0 bridgehead atoms. The van der Waals surface area contributed by atoms with Crippen LogP contribution in [-0.2, 0) is 9.59 Å². The molecule has 0 radical (unpaired) electrons. The van der Waals surface area contributed by atoms with Crippen molar-refractivity contribution in [2.45, 2.75) is 13.3 Å². The Labute approximate surface area is 110 Å². The van der Waals surface area contributed by atoms with Crippen molar-refractivity contribution >= 4 is 17.4 Å². The maximum absolute atomic E-state index is 11.3. The summed E-state index contributed by atoms with van der Waals surface area (Å²) in [6.45, 7) is 1.48. The van der Waals surface area contributed by atoms with E-state index in [1.165, 1.54) is 6.92 Å². The van der Waals surface area contributed by atoms with Crippen molar-refractivity contribution in [3.8, 4) is 11.8 Å². The lowest BCUT2D eigenvalue weighted by Gasteiger charge is -2.03. The van der Waals surface area contributed by atoms with Crippen molar-refractivity contribution < 1.29 is 9.59 Å². The molecule has 0 spiro atoms. The van der Waals surface area contributed by atoms with Gasteiger partial charge in [-0.15, -0.1) is 0 Å². The van der Waals surface area contributed by atoms with E-state index in [1.807, 2.05) is 0 Å². The number of ketones is 1. The van der Waals surface area contributed by atoms with Gasteiger partial charge < -0.3 is 5.32 Å². The highest BCUT2D eigenvalue weighted by molar-refractivity contribution is 6.03. The van der Waals surface area contributed by atoms with Crippen LogP contribution in [0.5, 0.6) is 0 Å². The quantitative estimate of drug-likeness (QED) is 0.294. The van der Waals surface area contributed by atoms with Gasteiger partial charge in [-0.2, -0.15) is 0 Å². The Morgan fingerprint density at radius 1 is 1.37 bits per heavy atom. The Kier molecular flexibility index (Phi) is 5.67. The summed E-state index contributed by atoms with van der Waals surface area (Å²) in [4.78, 5) is 24.7. The maximum atomic E-state index is 11.3. The molecule has 1 aromatic carbocycles. The first-order chi connectivity index (χ1) is 9.11. The van der Waals surface area contributed by atoms with Crippen molar-refractivity contribution in [2.24, 2.45) is 5.11 Å². The fourth-order valence-electron chi connectivity index (χ4n) is 1.28. The molecule has 0 heterocycles. The molecule has 1 aromatic rings. The second-order valence-electron chi connectivity index (χ2n) is 3.70. The van der Waals surface area contributed by atoms with Crippen molar-refractivity contribution in [1.29, 1.82) is 0 Å². The average Bonchev–Trinajstić information content (AvgIpc) is 2.35. The third-order valence-corrected chi connectivity index (χ3v) is 2.02. The van der Waals surface area contributed by atoms with Gasteiger partial charge in [0, 0.05) is 16.2 Å². The second kappa shape index (κ2) is 7.54. The fraction of sp³-hybridized carbons (Fsp3) is 0.231. The Bertz CT molecular complexity index is 575. The van der Waals surface area contributed by atoms with Gasteiger partial charge in [-0.3, -0.25) is 9.59 Å². The van der Waals surface area contributed by atoms with Crippen LogP contribution in [0.3, 0.4) is 0 Å². The topological polar surface area (TPSA) is 94.9 Å². The normalized spacial score (nSPS) is 8.68. The van der Waals surface area contributed by atoms with Gasteiger partial charge in [0.05, 0.1) is 13.0 Å². The summed E-state index contributed by atoms with van der Waals surface area (Å²) in [6.07, 6.45) is -0.131. The van der Waals surface area contributed by atoms with Gasteiger partial charge in [-0.25, -0.2) is 0 Å². The smallest absolute Gasteiger partial charge is 0.231 e. The van der Waals surface area contributed by atoms with Gasteiger partial charge in [-0.05, 0) is 36.7 Å². The number of nitrogens with zero attached hydrogens (tertiary/aromatic N) is 3. The zero-order valence-corrected chi connectivity index (χ0v) is 10.4. The number of carbonyl (C=O) groups is 2. The number of azide groups is 1. The number of Topliss-reactive ketones (excluding diaryl/α,β-unsaturated/α-hetero) is 1. The van der Waals surface area contributed by atoms with Crippen LogP contribution < -0.4 is 5.32 Å². The van der Waals surface area contributed by atoms with E-state index in [1.54, 1.807) is 24.3 Å². The number of nitrogens with one attached hydrogen (secondary N) is 1. The van der Waals surface area contributed by atoms with Crippen LogP contribution >= 0.6 is 0 Å². The zero-order valence-electron chi connectivity index (χ0n) is 10.4. The molecule has 0 aromatic heterocycles. The highest BCUT2D eigenvalue weighted by atomic mass is 16.2. The van der Waals surface area contributed by atoms with Crippen molar-refractivity contribution in [2.75, 3.05) is 11.9 Å². The number of hydrogen-bond acceptors (Lipinski definition) is 3. The number of benzene rings is 1. The van der Waals surface area contributed by atoms with E-state index < -0.39 is 0 Å². The van der Waals surface area contributed by atoms with Crippen LogP contribution in [-0.4, -0.2) is 18.2 Å². The van der Waals surface area contributed by atoms with Crippen LogP contribution in [0.25, 0.3) is 10.4 Å². The molecule has 96 valence electrons. The van der Waals surface area contributed by atoms with Crippen LogP contribution in [0.2, 0.25) is 0 Å². The average molecular weight is 256 g/mol. The second-order valence-corrected chi connectivity index (χ2v) is 3.70. The lowest BCUT2D eigenvalue weighted by molar-refractivity contribution is -0.124. The summed E-state index contributed by atoms with van der Waals surface area (Å²) in [5, 5.41) is 5.89. The molecule has 1 amide bonds. The van der Waals surface area contributed by atoms with Gasteiger partial charge in [0.2, 0.25) is 5.91 Å². The van der Waals surface area contributed by atoms with E-state index in [9.17, 15) is 9.59 Å². The zero-order chi connectivity index (χ0) is 14.1. The number of hydrogen-bond donors (Lipinski definition) is 1. The summed E-state index contributed by atoms with van der Waals surface area (Å²) in [6, 6.07) is 6.84. The first-order valence-corrected chi connectivity index (χ1v) is 5.51. The summed E-state index contributed by atoms with van der Waals surface area (Å²) in [5.41, 5.74) is 9.42. The minimum atomic E-state index is -0.338. The molecule has 0 aliphatic carbocycles. The Morgan fingerprint density at radius 3 is 2.63 bits per heavy atom. The summed E-state index contributed by atoms with van der Waals surface area (Å²) >= 11 is 0. The minimum absolute atomic E-state index is 0.119. The van der Waals surface area contributed by atoms with E-state index in [2.05, 4.69) is 27.2 Å². The lowest BCUT2D eigenvalue weighted by Crippen LogP contribution is -2.14. The monoisotopic (exact) mass is 256 g/mol. The van der Waals surface area contributed by atoms with Gasteiger partial charge >= 0.3 is 0 Å². The number of anilines is 1. The van der Waals surface area contributed by atoms with Gasteiger partial charge in [0.1, 0.15) is 5.78 Å². The molecule has 0 saturated heterocycles.